The van der Waals surface area contributed by atoms with E-state index < -0.39 is 0 Å². The van der Waals surface area contributed by atoms with E-state index in [4.69, 9.17) is 4.74 Å². The molecule has 0 aliphatic carbocycles. The predicted octanol–water partition coefficient (Wildman–Crippen LogP) is 3.46. The zero-order valence-electron chi connectivity index (χ0n) is 12.0. The van der Waals surface area contributed by atoms with Gasteiger partial charge in [-0.25, -0.2) is 4.79 Å². The predicted molar refractivity (Wildman–Crippen MR) is 83.1 cm³/mol. The van der Waals surface area contributed by atoms with Crippen molar-refractivity contribution in [3.8, 4) is 11.5 Å². The van der Waals surface area contributed by atoms with E-state index in [2.05, 4.69) is 5.32 Å². The number of carbonyl (C=O) groups is 1. The van der Waals surface area contributed by atoms with Crippen molar-refractivity contribution in [1.82, 2.24) is 0 Å². The quantitative estimate of drug-likeness (QED) is 0.904. The highest BCUT2D eigenvalue weighted by Crippen LogP contribution is 2.25. The van der Waals surface area contributed by atoms with Crippen LogP contribution in [-0.2, 0) is 0 Å². The van der Waals surface area contributed by atoms with Gasteiger partial charge in [0.25, 0.3) is 0 Å². The second-order valence-electron chi connectivity index (χ2n) is 4.39. The molecule has 2 rings (SSSR count). The number of phenols is 1. The van der Waals surface area contributed by atoms with Gasteiger partial charge < -0.3 is 15.2 Å². The lowest BCUT2D eigenvalue weighted by Crippen LogP contribution is -2.34. The number of rotatable bonds is 4. The minimum atomic E-state index is -0.285. The minimum absolute atomic E-state index is 0.121. The average Bonchev–Trinajstić information content (AvgIpc) is 2.48. The highest BCUT2D eigenvalue weighted by atomic mass is 16.5. The van der Waals surface area contributed by atoms with E-state index >= 15 is 0 Å². The van der Waals surface area contributed by atoms with Gasteiger partial charge in [0.15, 0.2) is 0 Å². The lowest BCUT2D eigenvalue weighted by Gasteiger charge is -2.22. The van der Waals surface area contributed by atoms with Crippen LogP contribution in [0.4, 0.5) is 16.2 Å². The van der Waals surface area contributed by atoms with Crippen LogP contribution in [0.25, 0.3) is 0 Å². The first-order valence-electron chi connectivity index (χ1n) is 6.66. The number of benzene rings is 2. The molecule has 0 fully saturated rings. The lowest BCUT2D eigenvalue weighted by atomic mass is 10.2. The van der Waals surface area contributed by atoms with Gasteiger partial charge >= 0.3 is 6.03 Å². The third-order valence-corrected chi connectivity index (χ3v) is 3.05. The van der Waals surface area contributed by atoms with Gasteiger partial charge in [0.2, 0.25) is 0 Å². The lowest BCUT2D eigenvalue weighted by molar-refractivity contribution is 0.257. The first-order chi connectivity index (χ1) is 10.2. The number of hydrogen-bond donors (Lipinski definition) is 2. The van der Waals surface area contributed by atoms with Gasteiger partial charge in [-0.05, 0) is 31.2 Å². The van der Waals surface area contributed by atoms with E-state index in [1.807, 2.05) is 19.1 Å². The zero-order chi connectivity index (χ0) is 15.2. The van der Waals surface area contributed by atoms with Crippen molar-refractivity contribution in [2.24, 2.45) is 0 Å². The highest BCUT2D eigenvalue weighted by Gasteiger charge is 2.15. The third kappa shape index (κ3) is 3.45. The van der Waals surface area contributed by atoms with E-state index in [1.165, 1.54) is 4.90 Å². The van der Waals surface area contributed by atoms with E-state index in [1.54, 1.807) is 43.5 Å². The minimum Gasteiger partial charge on any atom is -0.508 e. The third-order valence-electron chi connectivity index (χ3n) is 3.05. The molecule has 5 heteroatoms. The molecule has 0 saturated carbocycles. The van der Waals surface area contributed by atoms with Gasteiger partial charge in [-0.3, -0.25) is 4.90 Å². The topological polar surface area (TPSA) is 61.8 Å². The summed E-state index contributed by atoms with van der Waals surface area (Å²) in [6, 6.07) is 13.5. The molecule has 2 aromatic carbocycles. The Morgan fingerprint density at radius 1 is 1.24 bits per heavy atom. The molecule has 0 spiro atoms. The van der Waals surface area contributed by atoms with Crippen LogP contribution in [0.3, 0.4) is 0 Å². The van der Waals surface area contributed by atoms with Gasteiger partial charge in [-0.2, -0.15) is 0 Å². The fraction of sp³-hybridized carbons (Fsp3) is 0.188. The maximum atomic E-state index is 12.4. The van der Waals surface area contributed by atoms with Crippen molar-refractivity contribution < 1.29 is 14.6 Å². The molecule has 0 aliphatic rings. The number of aromatic hydroxyl groups is 1. The Kier molecular flexibility index (Phi) is 4.66. The number of nitrogens with one attached hydrogen (secondary N) is 1. The molecule has 0 saturated heterocycles. The average molecular weight is 286 g/mol. The Bertz CT molecular complexity index is 628. The molecule has 0 bridgehead atoms. The molecular formula is C16H18N2O3. The van der Waals surface area contributed by atoms with Crippen LogP contribution in [0.5, 0.6) is 11.5 Å². The Hall–Kier alpha value is -2.69. The fourth-order valence-corrected chi connectivity index (χ4v) is 2.03. The molecule has 0 unspecified atom stereocenters. The second-order valence-corrected chi connectivity index (χ2v) is 4.39. The number of phenolic OH excluding ortho intramolecular Hbond substituents is 1. The first kappa shape index (κ1) is 14.7. The van der Waals surface area contributed by atoms with E-state index in [0.717, 1.165) is 0 Å². The summed E-state index contributed by atoms with van der Waals surface area (Å²) in [6.07, 6.45) is 0. The van der Waals surface area contributed by atoms with Crippen molar-refractivity contribution in [3.63, 3.8) is 0 Å². The zero-order valence-corrected chi connectivity index (χ0v) is 12.0. The van der Waals surface area contributed by atoms with Crippen LogP contribution in [0.15, 0.2) is 48.5 Å². The number of amides is 2. The first-order valence-corrected chi connectivity index (χ1v) is 6.66. The Balaban J connectivity index is 2.21. The van der Waals surface area contributed by atoms with Gasteiger partial charge in [0.05, 0.1) is 12.8 Å². The van der Waals surface area contributed by atoms with Crippen molar-refractivity contribution in [2.45, 2.75) is 6.92 Å². The van der Waals surface area contributed by atoms with Gasteiger partial charge in [0, 0.05) is 18.3 Å². The van der Waals surface area contributed by atoms with Gasteiger partial charge in [0.1, 0.15) is 11.5 Å². The summed E-state index contributed by atoms with van der Waals surface area (Å²) >= 11 is 0. The summed E-state index contributed by atoms with van der Waals surface area (Å²) in [7, 11) is 1.55. The molecule has 0 atom stereocenters. The van der Waals surface area contributed by atoms with Crippen LogP contribution in [0.2, 0.25) is 0 Å². The van der Waals surface area contributed by atoms with Crippen LogP contribution < -0.4 is 15.0 Å². The standard InChI is InChI=1S/C16H18N2O3/c1-3-18(12-7-6-8-13(19)11-12)16(20)17-14-9-4-5-10-15(14)21-2/h4-11,19H,3H2,1-2H3,(H,17,20). The van der Waals surface area contributed by atoms with Gasteiger partial charge in [-0.15, -0.1) is 0 Å². The smallest absolute Gasteiger partial charge is 0.326 e. The molecule has 2 N–H and O–H groups in total. The van der Waals surface area contributed by atoms with Gasteiger partial charge in [-0.1, -0.05) is 18.2 Å². The molecule has 21 heavy (non-hydrogen) atoms. The molecule has 2 amide bonds. The van der Waals surface area contributed by atoms with Crippen molar-refractivity contribution in [3.05, 3.63) is 48.5 Å². The molecule has 0 radical (unpaired) electrons. The largest absolute Gasteiger partial charge is 0.508 e. The summed E-state index contributed by atoms with van der Waals surface area (Å²) in [4.78, 5) is 13.9. The number of methoxy groups -OCH3 is 1. The summed E-state index contributed by atoms with van der Waals surface area (Å²) < 4.78 is 5.21. The van der Waals surface area contributed by atoms with Crippen LogP contribution in [0.1, 0.15) is 6.92 Å². The highest BCUT2D eigenvalue weighted by molar-refractivity contribution is 6.02. The fourth-order valence-electron chi connectivity index (χ4n) is 2.03. The summed E-state index contributed by atoms with van der Waals surface area (Å²) in [5.41, 5.74) is 1.23. The van der Waals surface area contributed by atoms with E-state index in [9.17, 15) is 9.90 Å². The maximum Gasteiger partial charge on any atom is 0.326 e. The number of urea groups is 1. The number of para-hydroxylation sites is 2. The van der Waals surface area contributed by atoms with Crippen molar-refractivity contribution >= 4 is 17.4 Å². The van der Waals surface area contributed by atoms with Crippen LogP contribution in [-0.4, -0.2) is 24.8 Å². The summed E-state index contributed by atoms with van der Waals surface area (Å²) in [5.74, 6) is 0.717. The molecule has 5 nitrogen and oxygen atoms in total. The number of carbonyl (C=O) groups excluding carboxylic acids is 1. The Morgan fingerprint density at radius 3 is 2.67 bits per heavy atom. The van der Waals surface area contributed by atoms with Crippen molar-refractivity contribution in [1.29, 1.82) is 0 Å². The van der Waals surface area contributed by atoms with Crippen molar-refractivity contribution in [2.75, 3.05) is 23.9 Å². The summed E-state index contributed by atoms with van der Waals surface area (Å²) in [5, 5.41) is 12.3. The number of anilines is 2. The Labute approximate surface area is 123 Å². The summed E-state index contributed by atoms with van der Waals surface area (Å²) in [6.45, 7) is 2.34. The normalized spacial score (nSPS) is 10.0. The molecular weight excluding hydrogens is 268 g/mol. The molecule has 0 heterocycles. The molecule has 0 aliphatic heterocycles. The SMILES string of the molecule is CCN(C(=O)Nc1ccccc1OC)c1cccc(O)c1. The number of nitrogens with zero attached hydrogens (tertiary/aromatic N) is 1. The van der Waals surface area contributed by atoms with Crippen LogP contribution in [0, 0.1) is 0 Å². The maximum absolute atomic E-state index is 12.4. The molecule has 110 valence electrons. The number of hydrogen-bond acceptors (Lipinski definition) is 3. The monoisotopic (exact) mass is 286 g/mol. The second kappa shape index (κ2) is 6.65. The number of ether oxygens (including phenoxy) is 1. The Morgan fingerprint density at radius 2 is 2.00 bits per heavy atom. The molecule has 0 aromatic heterocycles. The van der Waals surface area contributed by atoms with E-state index in [0.29, 0.717) is 23.7 Å². The molecule has 2 aromatic rings. The van der Waals surface area contributed by atoms with E-state index in [-0.39, 0.29) is 11.8 Å². The van der Waals surface area contributed by atoms with Crippen LogP contribution >= 0.6 is 0 Å².